The molecule has 1 aliphatic carbocycles. The zero-order valence-electron chi connectivity index (χ0n) is 16.0. The number of aryl methyl sites for hydroxylation is 1. The molecule has 0 unspecified atom stereocenters. The van der Waals surface area contributed by atoms with Crippen LogP contribution in [0.5, 0.6) is 5.75 Å². The van der Waals surface area contributed by atoms with Crippen molar-refractivity contribution in [1.29, 1.82) is 0 Å². The molecule has 1 fully saturated rings. The van der Waals surface area contributed by atoms with Crippen molar-refractivity contribution in [2.75, 3.05) is 25.6 Å². The number of hydrogen-bond donors (Lipinski definition) is 0. The number of rotatable bonds is 6. The first kappa shape index (κ1) is 18.7. The minimum absolute atomic E-state index is 0.159. The Morgan fingerprint density at radius 2 is 2.00 bits per heavy atom. The number of fused-ring (bicyclic) bond motifs is 1. The van der Waals surface area contributed by atoms with Gasteiger partial charge < -0.3 is 14.5 Å². The molecule has 1 heterocycles. The van der Waals surface area contributed by atoms with E-state index in [0.29, 0.717) is 25.5 Å². The summed E-state index contributed by atoms with van der Waals surface area (Å²) < 4.78 is 5.84. The summed E-state index contributed by atoms with van der Waals surface area (Å²) in [5.41, 5.74) is 2.12. The average Bonchev–Trinajstić information content (AvgIpc) is 2.68. The van der Waals surface area contributed by atoms with E-state index in [1.807, 2.05) is 37.2 Å². The molecular weight excluding hydrogens is 328 g/mol. The summed E-state index contributed by atoms with van der Waals surface area (Å²) in [5.74, 6) is 1.21. The SMILES string of the molecule is CN1C(=O)CCc2cc(OCCCC(=O)N(C)C3CCCCC3)ccc21. The highest BCUT2D eigenvalue weighted by Crippen LogP contribution is 2.30. The average molecular weight is 358 g/mol. The number of carbonyl (C=O) groups is 2. The lowest BCUT2D eigenvalue weighted by molar-refractivity contribution is -0.132. The van der Waals surface area contributed by atoms with Gasteiger partial charge in [0.1, 0.15) is 5.75 Å². The Hall–Kier alpha value is -2.04. The van der Waals surface area contributed by atoms with Crippen molar-refractivity contribution in [3.8, 4) is 5.75 Å². The van der Waals surface area contributed by atoms with Crippen LogP contribution in [0, 0.1) is 0 Å². The third kappa shape index (κ3) is 4.37. The molecule has 2 aliphatic rings. The molecule has 1 aromatic carbocycles. The van der Waals surface area contributed by atoms with Gasteiger partial charge in [-0.1, -0.05) is 19.3 Å². The highest BCUT2D eigenvalue weighted by Gasteiger charge is 2.22. The summed E-state index contributed by atoms with van der Waals surface area (Å²) in [5, 5.41) is 0. The van der Waals surface area contributed by atoms with Crippen molar-refractivity contribution >= 4 is 17.5 Å². The van der Waals surface area contributed by atoms with E-state index >= 15 is 0 Å². The van der Waals surface area contributed by atoms with Crippen LogP contribution in [0.2, 0.25) is 0 Å². The first-order valence-corrected chi connectivity index (χ1v) is 9.84. The van der Waals surface area contributed by atoms with Crippen LogP contribution in [0.1, 0.15) is 56.9 Å². The van der Waals surface area contributed by atoms with Gasteiger partial charge in [0.25, 0.3) is 0 Å². The smallest absolute Gasteiger partial charge is 0.227 e. The number of nitrogens with zero attached hydrogens (tertiary/aromatic N) is 2. The molecule has 142 valence electrons. The third-order valence-electron chi connectivity index (χ3n) is 5.71. The molecule has 0 radical (unpaired) electrons. The van der Waals surface area contributed by atoms with E-state index in [2.05, 4.69) is 0 Å². The fraction of sp³-hybridized carbons (Fsp3) is 0.619. The van der Waals surface area contributed by atoms with E-state index < -0.39 is 0 Å². The number of hydrogen-bond acceptors (Lipinski definition) is 3. The van der Waals surface area contributed by atoms with Crippen LogP contribution in [0.15, 0.2) is 18.2 Å². The minimum atomic E-state index is 0.159. The molecule has 0 saturated heterocycles. The van der Waals surface area contributed by atoms with Gasteiger partial charge in [-0.2, -0.15) is 0 Å². The maximum absolute atomic E-state index is 12.3. The van der Waals surface area contributed by atoms with Crippen molar-refractivity contribution in [1.82, 2.24) is 4.90 Å². The van der Waals surface area contributed by atoms with Crippen LogP contribution in [0.3, 0.4) is 0 Å². The monoisotopic (exact) mass is 358 g/mol. The number of ether oxygens (including phenoxy) is 1. The van der Waals surface area contributed by atoms with Crippen molar-refractivity contribution < 1.29 is 14.3 Å². The Kier molecular flexibility index (Phi) is 6.17. The van der Waals surface area contributed by atoms with Gasteiger partial charge in [-0.05, 0) is 49.4 Å². The molecule has 2 amide bonds. The van der Waals surface area contributed by atoms with Crippen molar-refractivity contribution in [2.24, 2.45) is 0 Å². The van der Waals surface area contributed by atoms with Gasteiger partial charge in [-0.25, -0.2) is 0 Å². The lowest BCUT2D eigenvalue weighted by Gasteiger charge is -2.31. The Balaban J connectivity index is 1.43. The third-order valence-corrected chi connectivity index (χ3v) is 5.71. The van der Waals surface area contributed by atoms with Gasteiger partial charge in [0.2, 0.25) is 11.8 Å². The summed E-state index contributed by atoms with van der Waals surface area (Å²) in [4.78, 5) is 27.7. The second-order valence-electron chi connectivity index (χ2n) is 7.49. The van der Waals surface area contributed by atoms with E-state index in [4.69, 9.17) is 4.74 Å². The maximum Gasteiger partial charge on any atom is 0.227 e. The number of anilines is 1. The molecule has 1 aromatic rings. The molecule has 0 atom stereocenters. The summed E-state index contributed by atoms with van der Waals surface area (Å²) in [6.07, 6.45) is 8.65. The normalized spacial score (nSPS) is 17.8. The minimum Gasteiger partial charge on any atom is -0.494 e. The molecular formula is C21H30N2O3. The predicted molar refractivity (Wildman–Crippen MR) is 103 cm³/mol. The van der Waals surface area contributed by atoms with Gasteiger partial charge in [0, 0.05) is 38.7 Å². The number of benzene rings is 1. The fourth-order valence-electron chi connectivity index (χ4n) is 3.98. The van der Waals surface area contributed by atoms with Crippen LogP contribution in [-0.4, -0.2) is 43.5 Å². The molecule has 0 bridgehead atoms. The molecule has 5 heteroatoms. The number of carbonyl (C=O) groups excluding carboxylic acids is 2. The van der Waals surface area contributed by atoms with Gasteiger partial charge >= 0.3 is 0 Å². The molecule has 0 spiro atoms. The molecule has 1 aliphatic heterocycles. The number of amides is 2. The predicted octanol–water partition coefficient (Wildman–Crippen LogP) is 3.55. The summed E-state index contributed by atoms with van der Waals surface area (Å²) in [6.45, 7) is 0.539. The summed E-state index contributed by atoms with van der Waals surface area (Å²) >= 11 is 0. The molecule has 1 saturated carbocycles. The Bertz CT molecular complexity index is 653. The van der Waals surface area contributed by atoms with Gasteiger partial charge in [0.05, 0.1) is 6.61 Å². The highest BCUT2D eigenvalue weighted by atomic mass is 16.5. The Morgan fingerprint density at radius 3 is 2.77 bits per heavy atom. The van der Waals surface area contributed by atoms with Crippen molar-refractivity contribution in [2.45, 2.75) is 63.8 Å². The zero-order chi connectivity index (χ0) is 18.5. The summed E-state index contributed by atoms with van der Waals surface area (Å²) in [6, 6.07) is 6.31. The first-order chi connectivity index (χ1) is 12.6. The van der Waals surface area contributed by atoms with Crippen LogP contribution in [0.25, 0.3) is 0 Å². The lowest BCUT2D eigenvalue weighted by atomic mass is 9.94. The summed E-state index contributed by atoms with van der Waals surface area (Å²) in [7, 11) is 3.76. The molecule has 0 N–H and O–H groups in total. The van der Waals surface area contributed by atoms with E-state index in [9.17, 15) is 9.59 Å². The topological polar surface area (TPSA) is 49.9 Å². The van der Waals surface area contributed by atoms with E-state index in [1.165, 1.54) is 19.3 Å². The second-order valence-corrected chi connectivity index (χ2v) is 7.49. The van der Waals surface area contributed by atoms with E-state index in [-0.39, 0.29) is 11.8 Å². The molecule has 5 nitrogen and oxygen atoms in total. The van der Waals surface area contributed by atoms with E-state index in [0.717, 1.165) is 42.7 Å². The van der Waals surface area contributed by atoms with E-state index in [1.54, 1.807) is 4.90 Å². The molecule has 26 heavy (non-hydrogen) atoms. The standard InChI is InChI=1S/C21H30N2O3/c1-22(17-7-4-3-5-8-17)20(24)9-6-14-26-18-11-12-19-16(15-18)10-13-21(25)23(19)2/h11-12,15,17H,3-10,13-14H2,1-2H3. The van der Waals surface area contributed by atoms with Crippen molar-refractivity contribution in [3.63, 3.8) is 0 Å². The van der Waals surface area contributed by atoms with Crippen LogP contribution < -0.4 is 9.64 Å². The van der Waals surface area contributed by atoms with Crippen LogP contribution in [0.4, 0.5) is 5.69 Å². The Morgan fingerprint density at radius 1 is 1.23 bits per heavy atom. The van der Waals surface area contributed by atoms with Gasteiger partial charge in [-0.15, -0.1) is 0 Å². The van der Waals surface area contributed by atoms with Crippen LogP contribution in [-0.2, 0) is 16.0 Å². The zero-order valence-corrected chi connectivity index (χ0v) is 16.0. The quantitative estimate of drug-likeness (QED) is 0.731. The van der Waals surface area contributed by atoms with Gasteiger partial charge in [0.15, 0.2) is 0 Å². The second kappa shape index (κ2) is 8.56. The fourth-order valence-corrected chi connectivity index (χ4v) is 3.98. The van der Waals surface area contributed by atoms with Gasteiger partial charge in [-0.3, -0.25) is 9.59 Å². The maximum atomic E-state index is 12.3. The van der Waals surface area contributed by atoms with Crippen molar-refractivity contribution in [3.05, 3.63) is 23.8 Å². The lowest BCUT2D eigenvalue weighted by Crippen LogP contribution is -2.38. The highest BCUT2D eigenvalue weighted by molar-refractivity contribution is 5.95. The Labute approximate surface area is 156 Å². The first-order valence-electron chi connectivity index (χ1n) is 9.84. The van der Waals surface area contributed by atoms with Crippen LogP contribution >= 0.6 is 0 Å². The largest absolute Gasteiger partial charge is 0.494 e. The molecule has 0 aromatic heterocycles. The molecule has 3 rings (SSSR count).